The second-order valence-electron chi connectivity index (χ2n) is 10.8. The number of methoxy groups -OCH3 is 2. The van der Waals surface area contributed by atoms with Crippen LogP contribution in [0.2, 0.25) is 0 Å². The van der Waals surface area contributed by atoms with Gasteiger partial charge in [0.1, 0.15) is 17.1 Å². The lowest BCUT2D eigenvalue weighted by Crippen LogP contribution is -2.22. The minimum absolute atomic E-state index is 0.00166. The summed E-state index contributed by atoms with van der Waals surface area (Å²) in [5, 5.41) is 2.23. The lowest BCUT2D eigenvalue weighted by Gasteiger charge is -2.23. The minimum atomic E-state index is 0.00166. The second kappa shape index (κ2) is 11.6. The molecule has 0 fully saturated rings. The van der Waals surface area contributed by atoms with E-state index >= 15 is 0 Å². The van der Waals surface area contributed by atoms with Gasteiger partial charge in [-0.1, -0.05) is 66.7 Å². The van der Waals surface area contributed by atoms with Crippen LogP contribution in [0.25, 0.3) is 33.1 Å². The minimum Gasteiger partial charge on any atom is -0.497 e. The van der Waals surface area contributed by atoms with E-state index in [1.807, 2.05) is 50.5 Å². The van der Waals surface area contributed by atoms with Gasteiger partial charge in [0, 0.05) is 50.1 Å². The highest BCUT2D eigenvalue weighted by molar-refractivity contribution is 6.07. The summed E-state index contributed by atoms with van der Waals surface area (Å²) in [5.41, 5.74) is 7.29. The van der Waals surface area contributed by atoms with Crippen molar-refractivity contribution in [2.75, 3.05) is 14.2 Å². The number of aryl methyl sites for hydroxylation is 2. The predicted octanol–water partition coefficient (Wildman–Crippen LogP) is 6.92. The van der Waals surface area contributed by atoms with Gasteiger partial charge in [-0.3, -0.25) is 14.3 Å². The molecule has 6 nitrogen and oxygen atoms in total. The normalized spacial score (nSPS) is 11.5. The van der Waals surface area contributed by atoms with E-state index in [0.717, 1.165) is 58.6 Å². The molecule has 6 rings (SSSR count). The molecular formula is C36H35N3O3. The van der Waals surface area contributed by atoms with Crippen molar-refractivity contribution in [2.45, 2.75) is 19.6 Å². The van der Waals surface area contributed by atoms with E-state index in [-0.39, 0.29) is 5.56 Å². The molecule has 0 amide bonds. The van der Waals surface area contributed by atoms with E-state index < -0.39 is 0 Å². The van der Waals surface area contributed by atoms with Gasteiger partial charge in [0.05, 0.1) is 19.7 Å². The first-order chi connectivity index (χ1) is 20.4. The summed E-state index contributed by atoms with van der Waals surface area (Å²) in [6, 6.07) is 35.2. The fraction of sp³-hybridized carbons (Fsp3) is 0.194. The third-order valence-electron chi connectivity index (χ3n) is 8.06. The van der Waals surface area contributed by atoms with Crippen LogP contribution in [0.4, 0.5) is 0 Å². The molecule has 42 heavy (non-hydrogen) atoms. The van der Waals surface area contributed by atoms with Crippen molar-refractivity contribution in [1.82, 2.24) is 14.0 Å². The Kier molecular flexibility index (Phi) is 7.55. The van der Waals surface area contributed by atoms with Gasteiger partial charge in [0.15, 0.2) is 0 Å². The molecule has 0 aliphatic heterocycles. The standard InChI is InChI=1S/C36H35N3O3/c1-37-34-8-6-5-7-31(34)33-21-32(36(40)38(2)35(33)37)28-15-9-25(10-16-28)22-39(23-26-11-17-29(41-3)18-12-26)24-27-13-19-30(42-4)20-14-27/h5-21H,22-24H2,1-4H3. The molecule has 0 aliphatic rings. The van der Waals surface area contributed by atoms with Crippen LogP contribution in [0.5, 0.6) is 11.5 Å². The molecule has 0 saturated heterocycles. The zero-order chi connectivity index (χ0) is 29.2. The van der Waals surface area contributed by atoms with Gasteiger partial charge in [0.2, 0.25) is 0 Å². The SMILES string of the molecule is COc1ccc(CN(Cc2ccc(OC)cc2)Cc2ccc(-c3cc4c5ccccc5n(C)c4n(C)c3=O)cc2)cc1. The summed E-state index contributed by atoms with van der Waals surface area (Å²) in [7, 11) is 7.25. The summed E-state index contributed by atoms with van der Waals surface area (Å²) in [6.45, 7) is 2.34. The Bertz CT molecular complexity index is 1850. The van der Waals surface area contributed by atoms with Gasteiger partial charge in [-0.25, -0.2) is 0 Å². The first kappa shape index (κ1) is 27.4. The topological polar surface area (TPSA) is 48.6 Å². The van der Waals surface area contributed by atoms with E-state index in [1.54, 1.807) is 18.8 Å². The van der Waals surface area contributed by atoms with Crippen LogP contribution in [0.1, 0.15) is 16.7 Å². The quantitative estimate of drug-likeness (QED) is 0.194. The van der Waals surface area contributed by atoms with Gasteiger partial charge >= 0.3 is 0 Å². The molecule has 6 aromatic rings. The molecule has 4 aromatic carbocycles. The predicted molar refractivity (Wildman–Crippen MR) is 170 cm³/mol. The molecular weight excluding hydrogens is 522 g/mol. The zero-order valence-electron chi connectivity index (χ0n) is 24.5. The fourth-order valence-electron chi connectivity index (χ4n) is 5.84. The van der Waals surface area contributed by atoms with Crippen molar-refractivity contribution in [3.8, 4) is 22.6 Å². The fourth-order valence-corrected chi connectivity index (χ4v) is 5.84. The van der Waals surface area contributed by atoms with Crippen molar-refractivity contribution in [3.63, 3.8) is 0 Å². The molecule has 0 spiro atoms. The molecule has 2 heterocycles. The van der Waals surface area contributed by atoms with Crippen molar-refractivity contribution >= 4 is 21.9 Å². The van der Waals surface area contributed by atoms with E-state index in [0.29, 0.717) is 5.56 Å². The van der Waals surface area contributed by atoms with Crippen LogP contribution >= 0.6 is 0 Å². The maximum Gasteiger partial charge on any atom is 0.259 e. The van der Waals surface area contributed by atoms with E-state index in [1.165, 1.54) is 16.7 Å². The molecule has 6 heteroatoms. The summed E-state index contributed by atoms with van der Waals surface area (Å²) in [6.07, 6.45) is 0. The third kappa shape index (κ3) is 5.29. The van der Waals surface area contributed by atoms with Crippen LogP contribution in [0, 0.1) is 0 Å². The number of hydrogen-bond donors (Lipinski definition) is 0. The van der Waals surface area contributed by atoms with E-state index in [9.17, 15) is 4.79 Å². The monoisotopic (exact) mass is 557 g/mol. The largest absolute Gasteiger partial charge is 0.497 e. The number of aromatic nitrogens is 2. The lowest BCUT2D eigenvalue weighted by molar-refractivity contribution is 0.247. The lowest BCUT2D eigenvalue weighted by atomic mass is 10.0. The number of fused-ring (bicyclic) bond motifs is 3. The van der Waals surface area contributed by atoms with Crippen molar-refractivity contribution < 1.29 is 9.47 Å². The summed E-state index contributed by atoms with van der Waals surface area (Å²) in [5.74, 6) is 1.70. The number of pyridine rings is 1. The molecule has 212 valence electrons. The van der Waals surface area contributed by atoms with Gasteiger partial charge in [0.25, 0.3) is 5.56 Å². The molecule has 0 saturated carbocycles. The highest BCUT2D eigenvalue weighted by Gasteiger charge is 2.16. The Morgan fingerprint density at radius 1 is 0.619 bits per heavy atom. The van der Waals surface area contributed by atoms with Crippen LogP contribution in [0.15, 0.2) is 108 Å². The van der Waals surface area contributed by atoms with Gasteiger partial charge in [-0.05, 0) is 58.7 Å². The van der Waals surface area contributed by atoms with Gasteiger partial charge in [-0.2, -0.15) is 0 Å². The first-order valence-electron chi connectivity index (χ1n) is 14.1. The first-order valence-corrected chi connectivity index (χ1v) is 14.1. The van der Waals surface area contributed by atoms with Crippen LogP contribution < -0.4 is 15.0 Å². The highest BCUT2D eigenvalue weighted by Crippen LogP contribution is 2.30. The summed E-state index contributed by atoms with van der Waals surface area (Å²) in [4.78, 5) is 15.9. The molecule has 0 unspecified atom stereocenters. The number of nitrogens with zero attached hydrogens (tertiary/aromatic N) is 3. The molecule has 0 bridgehead atoms. The Labute approximate surface area is 246 Å². The Morgan fingerprint density at radius 2 is 1.12 bits per heavy atom. The Hall–Kier alpha value is -4.81. The van der Waals surface area contributed by atoms with Crippen LogP contribution in [0.3, 0.4) is 0 Å². The maximum absolute atomic E-state index is 13.5. The van der Waals surface area contributed by atoms with Crippen molar-refractivity contribution in [3.05, 3.63) is 130 Å². The molecule has 0 radical (unpaired) electrons. The summed E-state index contributed by atoms with van der Waals surface area (Å²) >= 11 is 0. The smallest absolute Gasteiger partial charge is 0.259 e. The Morgan fingerprint density at radius 3 is 1.64 bits per heavy atom. The molecule has 2 aromatic heterocycles. The average molecular weight is 558 g/mol. The summed E-state index contributed by atoms with van der Waals surface area (Å²) < 4.78 is 14.6. The van der Waals surface area contributed by atoms with Crippen LogP contribution in [-0.2, 0) is 33.7 Å². The van der Waals surface area contributed by atoms with E-state index in [4.69, 9.17) is 9.47 Å². The number of rotatable bonds is 9. The highest BCUT2D eigenvalue weighted by atomic mass is 16.5. The van der Waals surface area contributed by atoms with Crippen molar-refractivity contribution in [2.24, 2.45) is 14.1 Å². The number of ether oxygens (including phenoxy) is 2. The van der Waals surface area contributed by atoms with Crippen LogP contribution in [-0.4, -0.2) is 28.3 Å². The van der Waals surface area contributed by atoms with Crippen molar-refractivity contribution in [1.29, 1.82) is 0 Å². The number of para-hydroxylation sites is 1. The zero-order valence-corrected chi connectivity index (χ0v) is 24.5. The number of hydrogen-bond acceptors (Lipinski definition) is 4. The number of benzene rings is 4. The van der Waals surface area contributed by atoms with E-state index in [2.05, 4.69) is 76.2 Å². The molecule has 0 aliphatic carbocycles. The average Bonchev–Trinajstić information content (AvgIpc) is 3.31. The Balaban J connectivity index is 1.29. The van der Waals surface area contributed by atoms with Gasteiger partial charge < -0.3 is 14.0 Å². The van der Waals surface area contributed by atoms with Gasteiger partial charge in [-0.15, -0.1) is 0 Å². The maximum atomic E-state index is 13.5. The molecule has 0 atom stereocenters. The third-order valence-corrected chi connectivity index (χ3v) is 8.06. The molecule has 0 N–H and O–H groups in total. The second-order valence-corrected chi connectivity index (χ2v) is 10.8.